The summed E-state index contributed by atoms with van der Waals surface area (Å²) in [5.74, 6) is 1.55. The first-order chi connectivity index (χ1) is 16.0. The van der Waals surface area contributed by atoms with Crippen LogP contribution < -0.4 is 15.4 Å². The van der Waals surface area contributed by atoms with Gasteiger partial charge in [-0.1, -0.05) is 36.7 Å². The largest absolute Gasteiger partial charge is 0.495 e. The van der Waals surface area contributed by atoms with Crippen molar-refractivity contribution in [1.29, 1.82) is 0 Å². The van der Waals surface area contributed by atoms with Crippen LogP contribution in [0.5, 0.6) is 5.75 Å². The molecule has 2 aromatic carbocycles. The van der Waals surface area contributed by atoms with Gasteiger partial charge in [-0.3, -0.25) is 14.7 Å². The molecule has 0 radical (unpaired) electrons. The van der Waals surface area contributed by atoms with Gasteiger partial charge in [0.25, 0.3) is 5.91 Å². The maximum absolute atomic E-state index is 12.6. The van der Waals surface area contributed by atoms with Crippen molar-refractivity contribution in [3.05, 3.63) is 59.9 Å². The number of amides is 2. The molecule has 3 aromatic rings. The highest BCUT2D eigenvalue weighted by atomic mass is 32.2. The van der Waals surface area contributed by atoms with Gasteiger partial charge in [0.1, 0.15) is 11.6 Å². The van der Waals surface area contributed by atoms with Gasteiger partial charge in [-0.15, -0.1) is 5.10 Å². The number of H-pyrrole nitrogens is 1. The first-order valence-electron chi connectivity index (χ1n) is 11.0. The fraction of sp³-hybridized carbons (Fsp3) is 0.333. The maximum atomic E-state index is 12.6. The van der Waals surface area contributed by atoms with Crippen LogP contribution >= 0.6 is 11.8 Å². The Morgan fingerprint density at radius 1 is 1.09 bits per heavy atom. The molecule has 1 aliphatic rings. The summed E-state index contributed by atoms with van der Waals surface area (Å²) in [5.41, 5.74) is 1.68. The van der Waals surface area contributed by atoms with Crippen LogP contribution in [0.2, 0.25) is 0 Å². The highest BCUT2D eigenvalue weighted by Gasteiger charge is 2.22. The molecule has 2 amide bonds. The topological polar surface area (TPSA) is 109 Å². The number of para-hydroxylation sites is 2. The molecule has 1 fully saturated rings. The Morgan fingerprint density at radius 3 is 2.55 bits per heavy atom. The van der Waals surface area contributed by atoms with E-state index in [0.717, 1.165) is 18.7 Å². The van der Waals surface area contributed by atoms with Crippen LogP contribution in [0.3, 0.4) is 0 Å². The van der Waals surface area contributed by atoms with Crippen molar-refractivity contribution in [2.45, 2.75) is 48.9 Å². The molecular weight excluding hydrogens is 438 g/mol. The number of hydrogen-bond acceptors (Lipinski definition) is 6. The number of carbonyl (C=O) groups excluding carboxylic acids is 2. The summed E-state index contributed by atoms with van der Waals surface area (Å²) >= 11 is 1.32. The molecule has 33 heavy (non-hydrogen) atoms. The third kappa shape index (κ3) is 5.73. The maximum Gasteiger partial charge on any atom is 0.255 e. The van der Waals surface area contributed by atoms with E-state index in [9.17, 15) is 9.59 Å². The third-order valence-corrected chi connectivity index (χ3v) is 6.61. The monoisotopic (exact) mass is 465 g/mol. The van der Waals surface area contributed by atoms with Crippen LogP contribution in [-0.2, 0) is 4.79 Å². The van der Waals surface area contributed by atoms with Crippen LogP contribution in [0.15, 0.2) is 53.7 Å². The van der Waals surface area contributed by atoms with Crippen molar-refractivity contribution in [2.75, 3.05) is 17.7 Å². The van der Waals surface area contributed by atoms with E-state index in [1.807, 2.05) is 19.1 Å². The number of rotatable bonds is 8. The van der Waals surface area contributed by atoms with E-state index in [-0.39, 0.29) is 17.1 Å². The lowest BCUT2D eigenvalue weighted by Gasteiger charge is -2.12. The van der Waals surface area contributed by atoms with E-state index < -0.39 is 0 Å². The molecule has 1 atom stereocenters. The fourth-order valence-corrected chi connectivity index (χ4v) is 4.53. The highest BCUT2D eigenvalue weighted by molar-refractivity contribution is 8.00. The standard InChI is InChI=1S/C24H27N5O3S/c1-15(33-24-27-21(28-29-24)16-7-3-4-8-16)22(30)25-18-13-11-17(12-14-18)23(31)26-19-9-5-6-10-20(19)32-2/h5-6,9-16H,3-4,7-8H2,1-2H3,(H,25,30)(H,26,31)(H,27,28,29). The average molecular weight is 466 g/mol. The second-order valence-corrected chi connectivity index (χ2v) is 9.27. The van der Waals surface area contributed by atoms with Gasteiger partial charge >= 0.3 is 0 Å². The van der Waals surface area contributed by atoms with E-state index in [4.69, 9.17) is 4.74 Å². The summed E-state index contributed by atoms with van der Waals surface area (Å²) in [4.78, 5) is 29.7. The Bertz CT molecular complexity index is 1110. The summed E-state index contributed by atoms with van der Waals surface area (Å²) < 4.78 is 5.26. The molecule has 0 bridgehead atoms. The lowest BCUT2D eigenvalue weighted by atomic mass is 10.1. The summed E-state index contributed by atoms with van der Waals surface area (Å²) in [7, 11) is 1.55. The quantitative estimate of drug-likeness (QED) is 0.411. The molecule has 0 spiro atoms. The molecule has 0 aliphatic heterocycles. The van der Waals surface area contributed by atoms with Gasteiger partial charge in [0.2, 0.25) is 11.1 Å². The molecule has 9 heteroatoms. The number of aromatic amines is 1. The predicted octanol–water partition coefficient (Wildman–Crippen LogP) is 4.84. The summed E-state index contributed by atoms with van der Waals surface area (Å²) in [6.45, 7) is 1.82. The minimum Gasteiger partial charge on any atom is -0.495 e. The number of hydrogen-bond donors (Lipinski definition) is 3. The Labute approximate surface area is 196 Å². The van der Waals surface area contributed by atoms with E-state index in [2.05, 4.69) is 25.8 Å². The number of ether oxygens (including phenoxy) is 1. The Kier molecular flexibility index (Phi) is 7.29. The molecule has 1 unspecified atom stereocenters. The van der Waals surface area contributed by atoms with Crippen molar-refractivity contribution in [3.8, 4) is 5.75 Å². The van der Waals surface area contributed by atoms with Crippen LogP contribution in [0.4, 0.5) is 11.4 Å². The Balaban J connectivity index is 1.31. The van der Waals surface area contributed by atoms with Gasteiger partial charge in [-0.25, -0.2) is 4.98 Å². The number of carbonyl (C=O) groups is 2. The number of aromatic nitrogens is 3. The highest BCUT2D eigenvalue weighted by Crippen LogP contribution is 2.33. The summed E-state index contributed by atoms with van der Waals surface area (Å²) in [5, 5.41) is 13.2. The predicted molar refractivity (Wildman–Crippen MR) is 129 cm³/mol. The van der Waals surface area contributed by atoms with E-state index in [0.29, 0.717) is 33.8 Å². The average Bonchev–Trinajstić information content (AvgIpc) is 3.52. The molecule has 1 aliphatic carbocycles. The number of nitrogens with one attached hydrogen (secondary N) is 3. The number of anilines is 2. The van der Waals surface area contributed by atoms with Crippen LogP contribution in [-0.4, -0.2) is 39.4 Å². The fourth-order valence-electron chi connectivity index (χ4n) is 3.80. The van der Waals surface area contributed by atoms with Crippen molar-refractivity contribution >= 4 is 35.0 Å². The van der Waals surface area contributed by atoms with Crippen molar-refractivity contribution in [1.82, 2.24) is 15.2 Å². The lowest BCUT2D eigenvalue weighted by Crippen LogP contribution is -2.22. The van der Waals surface area contributed by atoms with E-state index in [1.54, 1.807) is 43.5 Å². The van der Waals surface area contributed by atoms with Gasteiger partial charge < -0.3 is 15.4 Å². The van der Waals surface area contributed by atoms with Crippen molar-refractivity contribution < 1.29 is 14.3 Å². The van der Waals surface area contributed by atoms with Gasteiger partial charge in [0.15, 0.2) is 0 Å². The molecule has 172 valence electrons. The lowest BCUT2D eigenvalue weighted by molar-refractivity contribution is -0.115. The zero-order chi connectivity index (χ0) is 23.2. The first-order valence-corrected chi connectivity index (χ1v) is 11.9. The molecular formula is C24H27N5O3S. The SMILES string of the molecule is COc1ccccc1NC(=O)c1ccc(NC(=O)C(C)Sc2n[nH]c(C3CCCC3)n2)cc1. The zero-order valence-electron chi connectivity index (χ0n) is 18.6. The minimum absolute atomic E-state index is 0.154. The van der Waals surface area contributed by atoms with Crippen molar-refractivity contribution in [2.24, 2.45) is 0 Å². The Hall–Kier alpha value is -3.33. The van der Waals surface area contributed by atoms with E-state index >= 15 is 0 Å². The van der Waals surface area contributed by atoms with E-state index in [1.165, 1.54) is 24.6 Å². The van der Waals surface area contributed by atoms with Crippen LogP contribution in [0, 0.1) is 0 Å². The summed E-state index contributed by atoms with van der Waals surface area (Å²) in [6, 6.07) is 14.0. The molecule has 0 saturated heterocycles. The van der Waals surface area contributed by atoms with Gasteiger partial charge in [0.05, 0.1) is 18.0 Å². The molecule has 4 rings (SSSR count). The summed E-state index contributed by atoms with van der Waals surface area (Å²) in [6.07, 6.45) is 4.74. The number of benzene rings is 2. The second-order valence-electron chi connectivity index (χ2n) is 7.97. The van der Waals surface area contributed by atoms with Crippen LogP contribution in [0.1, 0.15) is 54.7 Å². The molecule has 1 saturated carbocycles. The number of methoxy groups -OCH3 is 1. The molecule has 3 N–H and O–H groups in total. The Morgan fingerprint density at radius 2 is 1.82 bits per heavy atom. The molecule has 1 heterocycles. The van der Waals surface area contributed by atoms with Gasteiger partial charge in [0, 0.05) is 17.2 Å². The third-order valence-electron chi connectivity index (χ3n) is 5.65. The van der Waals surface area contributed by atoms with Crippen LogP contribution in [0.25, 0.3) is 0 Å². The first kappa shape index (κ1) is 22.8. The minimum atomic E-state index is -0.370. The zero-order valence-corrected chi connectivity index (χ0v) is 19.4. The smallest absolute Gasteiger partial charge is 0.255 e. The number of thioether (sulfide) groups is 1. The van der Waals surface area contributed by atoms with Gasteiger partial charge in [-0.05, 0) is 56.2 Å². The van der Waals surface area contributed by atoms with Crippen molar-refractivity contribution in [3.63, 3.8) is 0 Å². The second kappa shape index (κ2) is 10.5. The molecule has 8 nitrogen and oxygen atoms in total. The normalized spacial score (nSPS) is 14.6. The van der Waals surface area contributed by atoms with Gasteiger partial charge in [-0.2, -0.15) is 0 Å². The number of nitrogens with zero attached hydrogens (tertiary/aromatic N) is 2. The molecule has 1 aromatic heterocycles.